The van der Waals surface area contributed by atoms with Crippen molar-refractivity contribution in [3.63, 3.8) is 0 Å². The zero-order valence-electron chi connectivity index (χ0n) is 8.11. The minimum atomic E-state index is 0.218. The molecule has 0 aliphatic carbocycles. The Morgan fingerprint density at radius 2 is 2.29 bits per heavy atom. The number of aliphatic hydroxyl groups excluding tert-OH is 1. The lowest BCUT2D eigenvalue weighted by Crippen LogP contribution is -2.13. The molecule has 3 nitrogen and oxygen atoms in total. The van der Waals surface area contributed by atoms with Crippen molar-refractivity contribution in [3.8, 4) is 0 Å². The van der Waals surface area contributed by atoms with E-state index in [1.807, 2.05) is 6.20 Å². The van der Waals surface area contributed by atoms with Crippen LogP contribution >= 0.6 is 11.3 Å². The van der Waals surface area contributed by atoms with E-state index < -0.39 is 0 Å². The highest BCUT2D eigenvalue weighted by atomic mass is 32.1. The van der Waals surface area contributed by atoms with E-state index in [0.717, 1.165) is 32.5 Å². The van der Waals surface area contributed by atoms with Crippen LogP contribution in [0.2, 0.25) is 0 Å². The van der Waals surface area contributed by atoms with Gasteiger partial charge in [0.25, 0.3) is 0 Å². The van der Waals surface area contributed by atoms with Crippen molar-refractivity contribution in [3.05, 3.63) is 16.1 Å². The fourth-order valence-electron chi connectivity index (χ4n) is 1.68. The molecule has 14 heavy (non-hydrogen) atoms. The number of aliphatic hydroxyl groups is 1. The molecule has 1 aliphatic heterocycles. The number of thiazole rings is 1. The minimum absolute atomic E-state index is 0.218. The first kappa shape index (κ1) is 10.1. The number of hydrogen-bond donors (Lipinski definition) is 1. The van der Waals surface area contributed by atoms with Crippen LogP contribution in [0.3, 0.4) is 0 Å². The molecule has 0 unspecified atom stereocenters. The predicted octanol–water partition coefficient (Wildman–Crippen LogP) is 1.57. The summed E-state index contributed by atoms with van der Waals surface area (Å²) in [7, 11) is 0. The Hall–Kier alpha value is -0.450. The summed E-state index contributed by atoms with van der Waals surface area (Å²) in [6.45, 7) is 1.94. The van der Waals surface area contributed by atoms with Crippen LogP contribution in [-0.2, 0) is 11.2 Å². The van der Waals surface area contributed by atoms with Crippen LogP contribution in [0.1, 0.15) is 28.6 Å². The topological polar surface area (TPSA) is 42.4 Å². The van der Waals surface area contributed by atoms with Crippen LogP contribution in [-0.4, -0.2) is 29.9 Å². The van der Waals surface area contributed by atoms with Crippen molar-refractivity contribution >= 4 is 11.3 Å². The van der Waals surface area contributed by atoms with Gasteiger partial charge in [-0.3, -0.25) is 0 Å². The van der Waals surface area contributed by atoms with E-state index in [2.05, 4.69) is 4.98 Å². The third-order valence-corrected chi connectivity index (χ3v) is 3.72. The maximum Gasteiger partial charge on any atom is 0.0960 e. The first-order valence-corrected chi connectivity index (χ1v) is 5.85. The Kier molecular flexibility index (Phi) is 3.50. The van der Waals surface area contributed by atoms with Gasteiger partial charge in [0.1, 0.15) is 0 Å². The van der Waals surface area contributed by atoms with Gasteiger partial charge < -0.3 is 9.84 Å². The summed E-state index contributed by atoms with van der Waals surface area (Å²) in [5.74, 6) is 0.584. The summed E-state index contributed by atoms with van der Waals surface area (Å²) in [4.78, 5) is 5.60. The van der Waals surface area contributed by atoms with E-state index >= 15 is 0 Å². The Bertz CT molecular complexity index is 281. The molecule has 0 radical (unpaired) electrons. The number of ether oxygens (including phenoxy) is 1. The predicted molar refractivity (Wildman–Crippen MR) is 55.7 cm³/mol. The number of hydrogen-bond acceptors (Lipinski definition) is 4. The Morgan fingerprint density at radius 1 is 1.50 bits per heavy atom. The third kappa shape index (κ3) is 2.32. The normalized spacial score (nSPS) is 18.6. The van der Waals surface area contributed by atoms with Gasteiger partial charge >= 0.3 is 0 Å². The number of aromatic nitrogens is 1. The van der Waals surface area contributed by atoms with Crippen LogP contribution in [0.4, 0.5) is 0 Å². The van der Waals surface area contributed by atoms with E-state index in [1.54, 1.807) is 11.3 Å². The van der Waals surface area contributed by atoms with Gasteiger partial charge in [-0.25, -0.2) is 4.98 Å². The number of rotatable bonds is 3. The molecule has 0 atom stereocenters. The highest BCUT2D eigenvalue weighted by Gasteiger charge is 2.18. The van der Waals surface area contributed by atoms with Crippen molar-refractivity contribution in [1.29, 1.82) is 0 Å². The maximum atomic E-state index is 8.80. The molecule has 1 fully saturated rings. The van der Waals surface area contributed by atoms with Gasteiger partial charge in [0.2, 0.25) is 0 Å². The summed E-state index contributed by atoms with van der Waals surface area (Å²) >= 11 is 1.74. The van der Waals surface area contributed by atoms with Crippen LogP contribution in [0.25, 0.3) is 0 Å². The Morgan fingerprint density at radius 3 is 3.00 bits per heavy atom. The lowest BCUT2D eigenvalue weighted by Gasteiger charge is -2.19. The summed E-state index contributed by atoms with van der Waals surface area (Å²) in [6.07, 6.45) is 4.81. The first-order valence-electron chi connectivity index (χ1n) is 5.03. The van der Waals surface area contributed by atoms with Gasteiger partial charge in [-0.2, -0.15) is 0 Å². The van der Waals surface area contributed by atoms with E-state index in [1.165, 1.54) is 9.88 Å². The van der Waals surface area contributed by atoms with Crippen LogP contribution in [0, 0.1) is 0 Å². The molecule has 0 spiro atoms. The van der Waals surface area contributed by atoms with Gasteiger partial charge in [0, 0.05) is 43.2 Å². The second-order valence-electron chi connectivity index (χ2n) is 3.53. The van der Waals surface area contributed by atoms with Crippen LogP contribution in [0.15, 0.2) is 6.20 Å². The van der Waals surface area contributed by atoms with E-state index in [9.17, 15) is 0 Å². The molecule has 1 aromatic heterocycles. The molecule has 0 aromatic carbocycles. The van der Waals surface area contributed by atoms with Gasteiger partial charge in [0.05, 0.1) is 5.01 Å². The number of nitrogens with zero attached hydrogens (tertiary/aromatic N) is 1. The molecule has 1 aliphatic rings. The average Bonchev–Trinajstić information content (AvgIpc) is 2.68. The first-order chi connectivity index (χ1) is 6.90. The molecule has 0 amide bonds. The van der Waals surface area contributed by atoms with Crippen LogP contribution in [0.5, 0.6) is 0 Å². The van der Waals surface area contributed by atoms with Crippen LogP contribution < -0.4 is 0 Å². The molecular weight excluding hydrogens is 198 g/mol. The van der Waals surface area contributed by atoms with Crippen molar-refractivity contribution in [2.75, 3.05) is 19.8 Å². The summed E-state index contributed by atoms with van der Waals surface area (Å²) in [5, 5.41) is 10.0. The quantitative estimate of drug-likeness (QED) is 0.828. The van der Waals surface area contributed by atoms with Crippen molar-refractivity contribution in [2.45, 2.75) is 25.2 Å². The van der Waals surface area contributed by atoms with Crippen molar-refractivity contribution in [1.82, 2.24) is 4.98 Å². The van der Waals surface area contributed by atoms with Gasteiger partial charge in [-0.1, -0.05) is 0 Å². The van der Waals surface area contributed by atoms with Gasteiger partial charge in [-0.05, 0) is 12.8 Å². The zero-order chi connectivity index (χ0) is 9.80. The third-order valence-electron chi connectivity index (χ3n) is 2.50. The molecule has 1 saturated heterocycles. The van der Waals surface area contributed by atoms with E-state index in [4.69, 9.17) is 9.84 Å². The molecule has 0 bridgehead atoms. The molecule has 1 aromatic rings. The lowest BCUT2D eigenvalue weighted by molar-refractivity contribution is 0.0853. The minimum Gasteiger partial charge on any atom is -0.396 e. The van der Waals surface area contributed by atoms with Gasteiger partial charge in [0.15, 0.2) is 0 Å². The summed E-state index contributed by atoms with van der Waals surface area (Å²) in [5.41, 5.74) is 0. The monoisotopic (exact) mass is 213 g/mol. The van der Waals surface area contributed by atoms with Crippen molar-refractivity contribution < 1.29 is 9.84 Å². The van der Waals surface area contributed by atoms with Crippen molar-refractivity contribution in [2.24, 2.45) is 0 Å². The van der Waals surface area contributed by atoms with Gasteiger partial charge in [-0.15, -0.1) is 11.3 Å². The maximum absolute atomic E-state index is 8.80. The Labute approximate surface area is 87.7 Å². The molecule has 2 heterocycles. The molecule has 78 valence electrons. The second-order valence-corrected chi connectivity index (χ2v) is 4.67. The standard InChI is InChI=1S/C10H15NO2S/c12-4-1-9-7-11-10(14-9)8-2-5-13-6-3-8/h7-8,12H,1-6H2. The Balaban J connectivity index is 2.00. The lowest BCUT2D eigenvalue weighted by atomic mass is 10.0. The fourth-order valence-corrected chi connectivity index (χ4v) is 2.76. The van der Waals surface area contributed by atoms with E-state index in [-0.39, 0.29) is 6.61 Å². The molecule has 1 N–H and O–H groups in total. The largest absolute Gasteiger partial charge is 0.396 e. The second kappa shape index (κ2) is 4.87. The molecule has 2 rings (SSSR count). The summed E-state index contributed by atoms with van der Waals surface area (Å²) in [6, 6.07) is 0. The molecule has 4 heteroatoms. The SMILES string of the molecule is OCCc1cnc(C2CCOCC2)s1. The molecular formula is C10H15NO2S. The highest BCUT2D eigenvalue weighted by molar-refractivity contribution is 7.11. The van der Waals surface area contributed by atoms with E-state index in [0.29, 0.717) is 5.92 Å². The average molecular weight is 213 g/mol. The zero-order valence-corrected chi connectivity index (χ0v) is 8.92. The fraction of sp³-hybridized carbons (Fsp3) is 0.700. The summed E-state index contributed by atoms with van der Waals surface area (Å²) < 4.78 is 5.31. The highest BCUT2D eigenvalue weighted by Crippen LogP contribution is 2.30. The smallest absolute Gasteiger partial charge is 0.0960 e. The molecule has 0 saturated carbocycles.